The zero-order chi connectivity index (χ0) is 24.5. The van der Waals surface area contributed by atoms with E-state index < -0.39 is 27.3 Å². The Morgan fingerprint density at radius 2 is 1.88 bits per heavy atom. The number of benzene rings is 2. The van der Waals surface area contributed by atoms with Crippen molar-refractivity contribution in [3.8, 4) is 0 Å². The van der Waals surface area contributed by atoms with Gasteiger partial charge >= 0.3 is 5.97 Å². The van der Waals surface area contributed by atoms with Gasteiger partial charge in [-0.2, -0.15) is 0 Å². The van der Waals surface area contributed by atoms with Gasteiger partial charge in [-0.25, -0.2) is 4.79 Å². The van der Waals surface area contributed by atoms with E-state index in [9.17, 15) is 24.5 Å². The molecule has 178 valence electrons. The summed E-state index contributed by atoms with van der Waals surface area (Å²) in [6.07, 6.45) is 0.166. The molecule has 2 aromatic carbocycles. The van der Waals surface area contributed by atoms with Crippen LogP contribution in [0.4, 0.5) is 5.69 Å². The van der Waals surface area contributed by atoms with Crippen molar-refractivity contribution in [1.82, 2.24) is 10.2 Å². The number of non-ortho nitro benzene ring substituents is 1. The molecule has 0 aliphatic carbocycles. The molecule has 2 aromatic rings. The van der Waals surface area contributed by atoms with Crippen LogP contribution in [0.1, 0.15) is 18.1 Å². The number of esters is 1. The summed E-state index contributed by atoms with van der Waals surface area (Å²) in [6, 6.07) is 13.4. The van der Waals surface area contributed by atoms with Crippen LogP contribution < -0.4 is 5.32 Å². The van der Waals surface area contributed by atoms with E-state index in [0.29, 0.717) is 11.3 Å². The third kappa shape index (κ3) is 4.95. The lowest BCUT2D eigenvalue weighted by atomic mass is 9.94. The molecule has 11 heteroatoms. The van der Waals surface area contributed by atoms with Gasteiger partial charge in [0, 0.05) is 17.9 Å². The zero-order valence-electron chi connectivity index (χ0n) is 18.2. The molecule has 2 fully saturated rings. The number of hydrogen-bond acceptors (Lipinski definition) is 7. The first kappa shape index (κ1) is 24.2. The Bertz CT molecular complexity index is 1110. The van der Waals surface area contributed by atoms with Gasteiger partial charge in [0.05, 0.1) is 15.7 Å². The Labute approximate surface area is 208 Å². The topological polar surface area (TPSA) is 119 Å². The lowest BCUT2D eigenvalue weighted by Gasteiger charge is -2.56. The van der Waals surface area contributed by atoms with Crippen LogP contribution in [-0.4, -0.2) is 55.1 Å². The highest BCUT2D eigenvalue weighted by molar-refractivity contribution is 9.10. The van der Waals surface area contributed by atoms with Crippen LogP contribution in [0, 0.1) is 10.1 Å². The summed E-state index contributed by atoms with van der Waals surface area (Å²) in [4.78, 5) is 50.2. The maximum Gasteiger partial charge on any atom is 0.330 e. The fourth-order valence-corrected chi connectivity index (χ4v) is 6.22. The average molecular weight is 548 g/mol. The van der Waals surface area contributed by atoms with Gasteiger partial charge in [0.25, 0.3) is 5.69 Å². The van der Waals surface area contributed by atoms with Crippen LogP contribution in [0.5, 0.6) is 0 Å². The first-order valence-corrected chi connectivity index (χ1v) is 12.4. The van der Waals surface area contributed by atoms with Crippen LogP contribution in [0.15, 0.2) is 54.6 Å². The summed E-state index contributed by atoms with van der Waals surface area (Å²) >= 11 is 5.07. The van der Waals surface area contributed by atoms with Crippen molar-refractivity contribution < 1.29 is 24.0 Å². The Balaban J connectivity index is 1.39. The zero-order valence-corrected chi connectivity index (χ0v) is 20.6. The molecule has 2 amide bonds. The minimum absolute atomic E-state index is 0.0539. The van der Waals surface area contributed by atoms with E-state index in [0.717, 1.165) is 5.56 Å². The predicted molar refractivity (Wildman–Crippen MR) is 129 cm³/mol. The molecular formula is C23H22BrN3O6S. The quantitative estimate of drug-likeness (QED) is 0.186. The molecule has 2 aliphatic rings. The van der Waals surface area contributed by atoms with E-state index in [1.807, 2.05) is 37.3 Å². The maximum absolute atomic E-state index is 13.0. The van der Waals surface area contributed by atoms with Crippen molar-refractivity contribution in [3.05, 3.63) is 75.8 Å². The number of alkyl halides is 1. The van der Waals surface area contributed by atoms with Crippen LogP contribution in [0.3, 0.4) is 0 Å². The summed E-state index contributed by atoms with van der Waals surface area (Å²) in [6.45, 7) is 1.75. The maximum atomic E-state index is 13.0. The van der Waals surface area contributed by atoms with Gasteiger partial charge in [-0.15, -0.1) is 11.8 Å². The van der Waals surface area contributed by atoms with Gasteiger partial charge < -0.3 is 15.0 Å². The molecule has 4 rings (SSSR count). The number of fused-ring (bicyclic) bond motifs is 1. The number of carbonyl (C=O) groups is 3. The van der Waals surface area contributed by atoms with Crippen LogP contribution in [-0.2, 0) is 32.1 Å². The molecule has 0 saturated carbocycles. The van der Waals surface area contributed by atoms with Gasteiger partial charge in [-0.05, 0) is 30.2 Å². The number of β-lactam (4-membered cyclic amide) rings is 1. The van der Waals surface area contributed by atoms with Crippen molar-refractivity contribution in [2.75, 3.05) is 5.75 Å². The SMILES string of the molecule is CC1(Br)CS[C@H]2C(NC(=O)Cc3ccccc3)C(=O)N2C1C(=O)OCc1ccc([N+](=O)[O-])cc1. The minimum Gasteiger partial charge on any atom is -0.459 e. The van der Waals surface area contributed by atoms with Crippen molar-refractivity contribution >= 4 is 51.2 Å². The molecule has 9 nitrogen and oxygen atoms in total. The summed E-state index contributed by atoms with van der Waals surface area (Å²) < 4.78 is 4.76. The fourth-order valence-electron chi connectivity index (χ4n) is 4.00. The Hall–Kier alpha value is -2.92. The standard InChI is InChI=1S/C23H22BrN3O6S/c1-23(24)13-34-21-18(25-17(28)11-14-5-3-2-4-6-14)20(29)26(21)19(23)22(30)33-12-15-7-9-16(10-8-15)27(31)32/h2-10,18-19,21H,11-13H2,1H3,(H,25,28)/t18?,19?,21-,23?/m0/s1. The smallest absolute Gasteiger partial charge is 0.330 e. The van der Waals surface area contributed by atoms with Gasteiger partial charge in [-0.1, -0.05) is 46.3 Å². The van der Waals surface area contributed by atoms with Crippen molar-refractivity contribution in [2.24, 2.45) is 0 Å². The Kier molecular flexibility index (Phi) is 6.94. The lowest BCUT2D eigenvalue weighted by Crippen LogP contribution is -2.78. The molecule has 1 N–H and O–H groups in total. The normalized spacial score (nSPS) is 25.6. The van der Waals surface area contributed by atoms with Crippen molar-refractivity contribution in [2.45, 2.75) is 41.7 Å². The molecular weight excluding hydrogens is 526 g/mol. The van der Waals surface area contributed by atoms with Crippen molar-refractivity contribution in [3.63, 3.8) is 0 Å². The van der Waals surface area contributed by atoms with E-state index in [4.69, 9.17) is 4.74 Å². The summed E-state index contributed by atoms with van der Waals surface area (Å²) in [5.41, 5.74) is 1.39. The van der Waals surface area contributed by atoms with Crippen molar-refractivity contribution in [1.29, 1.82) is 0 Å². The summed E-state index contributed by atoms with van der Waals surface area (Å²) in [7, 11) is 0. The second-order valence-corrected chi connectivity index (χ2v) is 11.3. The van der Waals surface area contributed by atoms with Crippen LogP contribution in [0.2, 0.25) is 0 Å². The molecule has 0 spiro atoms. The molecule has 0 bridgehead atoms. The van der Waals surface area contributed by atoms with Crippen LogP contribution >= 0.6 is 27.7 Å². The third-order valence-electron chi connectivity index (χ3n) is 5.74. The van der Waals surface area contributed by atoms with Gasteiger partial charge in [0.2, 0.25) is 11.8 Å². The molecule has 2 aliphatic heterocycles. The molecule has 0 radical (unpaired) electrons. The molecule has 2 heterocycles. The molecule has 34 heavy (non-hydrogen) atoms. The second kappa shape index (κ2) is 9.75. The number of rotatable bonds is 7. The third-order valence-corrected chi connectivity index (χ3v) is 8.43. The number of thioether (sulfide) groups is 1. The first-order valence-electron chi connectivity index (χ1n) is 10.5. The number of halogens is 1. The number of carbonyl (C=O) groups excluding carboxylic acids is 3. The lowest BCUT2D eigenvalue weighted by molar-refractivity contribution is -0.384. The number of nitro groups is 1. The fraction of sp³-hybridized carbons (Fsp3) is 0.348. The molecule has 4 atom stereocenters. The number of nitro benzene ring substituents is 1. The van der Waals surface area contributed by atoms with E-state index in [1.165, 1.54) is 40.9 Å². The van der Waals surface area contributed by atoms with Crippen LogP contribution in [0.25, 0.3) is 0 Å². The monoisotopic (exact) mass is 547 g/mol. The molecule has 3 unspecified atom stereocenters. The number of nitrogens with zero attached hydrogens (tertiary/aromatic N) is 2. The molecule has 0 aromatic heterocycles. The van der Waals surface area contributed by atoms with Gasteiger partial charge in [0.1, 0.15) is 24.1 Å². The number of nitrogens with one attached hydrogen (secondary N) is 1. The highest BCUT2D eigenvalue weighted by Crippen LogP contribution is 2.46. The number of ether oxygens (including phenoxy) is 1. The number of hydrogen-bond donors (Lipinski definition) is 1. The van der Waals surface area contributed by atoms with Gasteiger partial charge in [0.15, 0.2) is 0 Å². The molecule has 2 saturated heterocycles. The Morgan fingerprint density at radius 1 is 1.21 bits per heavy atom. The average Bonchev–Trinajstić information content (AvgIpc) is 2.81. The Morgan fingerprint density at radius 3 is 2.53 bits per heavy atom. The van der Waals surface area contributed by atoms with E-state index in [2.05, 4.69) is 21.2 Å². The first-order chi connectivity index (χ1) is 16.2. The van der Waals surface area contributed by atoms with E-state index >= 15 is 0 Å². The number of amides is 2. The highest BCUT2D eigenvalue weighted by atomic mass is 79.9. The second-order valence-electron chi connectivity index (χ2n) is 8.37. The minimum atomic E-state index is -0.869. The summed E-state index contributed by atoms with van der Waals surface area (Å²) in [5, 5.41) is 13.2. The highest BCUT2D eigenvalue weighted by Gasteiger charge is 2.61. The van der Waals surface area contributed by atoms with E-state index in [-0.39, 0.29) is 35.9 Å². The van der Waals surface area contributed by atoms with E-state index in [1.54, 1.807) is 0 Å². The summed E-state index contributed by atoms with van der Waals surface area (Å²) in [5.74, 6) is -0.634. The van der Waals surface area contributed by atoms with Gasteiger partial charge in [-0.3, -0.25) is 19.7 Å². The largest absolute Gasteiger partial charge is 0.459 e. The predicted octanol–water partition coefficient (Wildman–Crippen LogP) is 2.80.